The molecule has 0 radical (unpaired) electrons. The molecule has 1 amide bonds. The fraction of sp³-hybridized carbons (Fsp3) is 0.588. The summed E-state index contributed by atoms with van der Waals surface area (Å²) in [6.45, 7) is 4.08. The normalized spacial score (nSPS) is 30.1. The Morgan fingerprint density at radius 3 is 3.27 bits per heavy atom. The van der Waals surface area contributed by atoms with Crippen molar-refractivity contribution in [1.82, 2.24) is 16.0 Å². The van der Waals surface area contributed by atoms with Gasteiger partial charge in [-0.1, -0.05) is 18.6 Å². The van der Waals surface area contributed by atoms with Crippen molar-refractivity contribution < 1.29 is 9.53 Å². The zero-order chi connectivity index (χ0) is 15.0. The zero-order valence-electron chi connectivity index (χ0n) is 12.8. The average molecular weight is 301 g/mol. The van der Waals surface area contributed by atoms with Crippen LogP contribution in [0.15, 0.2) is 18.2 Å². The quantitative estimate of drug-likeness (QED) is 0.764. The summed E-state index contributed by atoms with van der Waals surface area (Å²) in [6.07, 6.45) is 3.49. The molecule has 0 aromatic heterocycles. The Labute approximate surface area is 130 Å². The van der Waals surface area contributed by atoms with Crippen molar-refractivity contribution in [1.29, 1.82) is 0 Å². The summed E-state index contributed by atoms with van der Waals surface area (Å²) in [5.74, 6) is 1.33. The number of hydrogen-bond acceptors (Lipinski definition) is 4. The fourth-order valence-electron chi connectivity index (χ4n) is 4.17. The van der Waals surface area contributed by atoms with Gasteiger partial charge < -0.3 is 20.7 Å². The summed E-state index contributed by atoms with van der Waals surface area (Å²) in [5.41, 5.74) is 1.69. The molecule has 22 heavy (non-hydrogen) atoms. The van der Waals surface area contributed by atoms with Crippen LogP contribution >= 0.6 is 0 Å². The van der Waals surface area contributed by atoms with Gasteiger partial charge in [-0.15, -0.1) is 0 Å². The minimum Gasteiger partial charge on any atom is -0.491 e. The first-order valence-electron chi connectivity index (χ1n) is 8.27. The van der Waals surface area contributed by atoms with Gasteiger partial charge in [0.15, 0.2) is 0 Å². The van der Waals surface area contributed by atoms with E-state index in [9.17, 15) is 4.79 Å². The number of benzene rings is 1. The van der Waals surface area contributed by atoms with Crippen LogP contribution in [-0.2, 0) is 6.54 Å². The van der Waals surface area contributed by atoms with Crippen LogP contribution in [0, 0.1) is 5.92 Å². The third-order valence-electron chi connectivity index (χ3n) is 5.33. The largest absolute Gasteiger partial charge is 0.491 e. The SMILES string of the molecule is O=C(N[C@]12CCC[C@H]1CNC2)c1cccc2c1OCCNC2. The van der Waals surface area contributed by atoms with E-state index in [-0.39, 0.29) is 11.4 Å². The number of nitrogens with one attached hydrogen (secondary N) is 3. The van der Waals surface area contributed by atoms with Gasteiger partial charge in [0.25, 0.3) is 5.91 Å². The summed E-state index contributed by atoms with van der Waals surface area (Å²) < 4.78 is 5.84. The van der Waals surface area contributed by atoms with Crippen LogP contribution in [0.3, 0.4) is 0 Å². The van der Waals surface area contributed by atoms with E-state index in [1.807, 2.05) is 18.2 Å². The van der Waals surface area contributed by atoms with Gasteiger partial charge in [0.1, 0.15) is 12.4 Å². The van der Waals surface area contributed by atoms with Gasteiger partial charge in [-0.05, 0) is 24.8 Å². The molecule has 1 saturated heterocycles. The highest BCUT2D eigenvalue weighted by Gasteiger charge is 2.47. The van der Waals surface area contributed by atoms with Gasteiger partial charge in [-0.3, -0.25) is 4.79 Å². The van der Waals surface area contributed by atoms with Crippen molar-refractivity contribution >= 4 is 5.91 Å². The number of ether oxygens (including phenoxy) is 1. The first-order chi connectivity index (χ1) is 10.8. The molecule has 2 aliphatic heterocycles. The van der Waals surface area contributed by atoms with Crippen molar-refractivity contribution in [2.45, 2.75) is 31.3 Å². The maximum absolute atomic E-state index is 12.9. The summed E-state index contributed by atoms with van der Waals surface area (Å²) in [5, 5.41) is 10.1. The van der Waals surface area contributed by atoms with Crippen LogP contribution in [0.25, 0.3) is 0 Å². The Kier molecular flexibility index (Phi) is 3.54. The number of amides is 1. The van der Waals surface area contributed by atoms with E-state index in [1.165, 1.54) is 12.8 Å². The number of para-hydroxylation sites is 1. The lowest BCUT2D eigenvalue weighted by Gasteiger charge is -2.30. The van der Waals surface area contributed by atoms with E-state index < -0.39 is 0 Å². The van der Waals surface area contributed by atoms with Crippen LogP contribution in [0.2, 0.25) is 0 Å². The molecule has 0 unspecified atom stereocenters. The molecule has 2 fully saturated rings. The van der Waals surface area contributed by atoms with Crippen molar-refractivity contribution in [2.75, 3.05) is 26.2 Å². The number of hydrogen-bond donors (Lipinski definition) is 3. The molecule has 2 atom stereocenters. The first-order valence-corrected chi connectivity index (χ1v) is 8.27. The maximum atomic E-state index is 12.9. The number of rotatable bonds is 2. The number of fused-ring (bicyclic) bond motifs is 2. The Balaban J connectivity index is 1.61. The van der Waals surface area contributed by atoms with E-state index in [1.54, 1.807) is 0 Å². The molecular formula is C17H23N3O2. The van der Waals surface area contributed by atoms with Crippen molar-refractivity contribution in [3.8, 4) is 5.75 Å². The molecule has 1 aromatic carbocycles. The highest BCUT2D eigenvalue weighted by Crippen LogP contribution is 2.38. The molecule has 5 heteroatoms. The Morgan fingerprint density at radius 1 is 1.36 bits per heavy atom. The summed E-state index contributed by atoms with van der Waals surface area (Å²) in [4.78, 5) is 12.9. The molecule has 3 aliphatic rings. The van der Waals surface area contributed by atoms with Gasteiger partial charge in [-0.25, -0.2) is 0 Å². The van der Waals surface area contributed by atoms with Crippen molar-refractivity contribution in [3.63, 3.8) is 0 Å². The Morgan fingerprint density at radius 2 is 2.32 bits per heavy atom. The zero-order valence-corrected chi connectivity index (χ0v) is 12.8. The standard InChI is InChI=1S/C17H23N3O2/c21-16(20-17-6-2-4-13(17)10-19-11-17)14-5-1-3-12-9-18-7-8-22-15(12)14/h1,3,5,13,18-19H,2,4,6-11H2,(H,20,21)/t13-,17-/m0/s1. The second-order valence-electron chi connectivity index (χ2n) is 6.65. The molecule has 0 bridgehead atoms. The van der Waals surface area contributed by atoms with Crippen LogP contribution in [-0.4, -0.2) is 37.7 Å². The monoisotopic (exact) mass is 301 g/mol. The highest BCUT2D eigenvalue weighted by molar-refractivity contribution is 5.98. The predicted octanol–water partition coefficient (Wildman–Crippen LogP) is 1.04. The smallest absolute Gasteiger partial charge is 0.255 e. The van der Waals surface area contributed by atoms with E-state index in [4.69, 9.17) is 4.74 Å². The minimum atomic E-state index is -0.0528. The van der Waals surface area contributed by atoms with Crippen molar-refractivity contribution in [2.24, 2.45) is 5.92 Å². The second-order valence-corrected chi connectivity index (χ2v) is 6.65. The third-order valence-corrected chi connectivity index (χ3v) is 5.33. The molecule has 2 heterocycles. The molecule has 3 N–H and O–H groups in total. The van der Waals surface area contributed by atoms with Gasteiger partial charge in [0.2, 0.25) is 0 Å². The van der Waals surface area contributed by atoms with Crippen LogP contribution in [0.1, 0.15) is 35.2 Å². The molecule has 4 rings (SSSR count). The second kappa shape index (κ2) is 5.56. The number of carbonyl (C=O) groups is 1. The lowest BCUT2D eigenvalue weighted by Crippen LogP contribution is -2.51. The maximum Gasteiger partial charge on any atom is 0.255 e. The molecule has 1 aromatic rings. The molecular weight excluding hydrogens is 278 g/mol. The minimum absolute atomic E-state index is 0.00866. The van der Waals surface area contributed by atoms with E-state index in [2.05, 4.69) is 16.0 Å². The van der Waals surface area contributed by atoms with E-state index >= 15 is 0 Å². The molecule has 1 aliphatic carbocycles. The van der Waals surface area contributed by atoms with Gasteiger partial charge in [-0.2, -0.15) is 0 Å². The lowest BCUT2D eigenvalue weighted by atomic mass is 9.90. The lowest BCUT2D eigenvalue weighted by molar-refractivity contribution is 0.0889. The Hall–Kier alpha value is -1.59. The first kappa shape index (κ1) is 14.0. The molecule has 118 valence electrons. The topological polar surface area (TPSA) is 62.4 Å². The molecule has 5 nitrogen and oxygen atoms in total. The third kappa shape index (κ3) is 2.29. The predicted molar refractivity (Wildman–Crippen MR) is 84.1 cm³/mol. The summed E-state index contributed by atoms with van der Waals surface area (Å²) in [6, 6.07) is 5.85. The Bertz CT molecular complexity index is 577. The summed E-state index contributed by atoms with van der Waals surface area (Å²) in [7, 11) is 0. The highest BCUT2D eigenvalue weighted by atomic mass is 16.5. The molecule has 1 saturated carbocycles. The average Bonchev–Trinajstić information content (AvgIpc) is 2.97. The van der Waals surface area contributed by atoms with Gasteiger partial charge in [0.05, 0.1) is 11.1 Å². The summed E-state index contributed by atoms with van der Waals surface area (Å²) >= 11 is 0. The number of carbonyl (C=O) groups excluding carboxylic acids is 1. The van der Waals surface area contributed by atoms with Crippen molar-refractivity contribution in [3.05, 3.63) is 29.3 Å². The molecule has 0 spiro atoms. The van der Waals surface area contributed by atoms with Gasteiger partial charge >= 0.3 is 0 Å². The van der Waals surface area contributed by atoms with E-state index in [0.717, 1.165) is 43.9 Å². The van der Waals surface area contributed by atoms with Crippen LogP contribution < -0.4 is 20.7 Å². The van der Waals surface area contributed by atoms with Gasteiger partial charge in [0, 0.05) is 31.7 Å². The fourth-order valence-corrected chi connectivity index (χ4v) is 4.17. The van der Waals surface area contributed by atoms with E-state index in [0.29, 0.717) is 18.1 Å². The van der Waals surface area contributed by atoms with Crippen LogP contribution in [0.5, 0.6) is 5.75 Å². The van der Waals surface area contributed by atoms with Crippen LogP contribution in [0.4, 0.5) is 0 Å².